The molecule has 104 valence electrons. The van der Waals surface area contributed by atoms with Crippen molar-refractivity contribution < 1.29 is 9.53 Å². The lowest BCUT2D eigenvalue weighted by molar-refractivity contribution is 0.103. The van der Waals surface area contributed by atoms with E-state index in [9.17, 15) is 10.1 Å². The van der Waals surface area contributed by atoms with Gasteiger partial charge in [0.2, 0.25) is 5.78 Å². The molecule has 3 nitrogen and oxygen atoms in total. The van der Waals surface area contributed by atoms with E-state index in [1.807, 2.05) is 37.3 Å². The fourth-order valence-electron chi connectivity index (χ4n) is 1.97. The van der Waals surface area contributed by atoms with Gasteiger partial charge in [0, 0.05) is 5.56 Å². The number of ether oxygens (including phenoxy) is 1. The topological polar surface area (TPSA) is 50.1 Å². The average molecular weight is 277 g/mol. The van der Waals surface area contributed by atoms with E-state index in [2.05, 4.69) is 0 Å². The van der Waals surface area contributed by atoms with Crippen LogP contribution in [0.3, 0.4) is 0 Å². The molecule has 0 bridgehead atoms. The van der Waals surface area contributed by atoms with Crippen LogP contribution < -0.4 is 4.74 Å². The molecule has 0 saturated carbocycles. The van der Waals surface area contributed by atoms with Crippen LogP contribution in [0.5, 0.6) is 5.75 Å². The number of aryl methyl sites for hydroxylation is 1. The molecule has 0 aliphatic carbocycles. The number of ketones is 1. The predicted molar refractivity (Wildman–Crippen MR) is 82.1 cm³/mol. The van der Waals surface area contributed by atoms with Crippen molar-refractivity contribution in [1.29, 1.82) is 5.26 Å². The number of carbonyl (C=O) groups excluding carboxylic acids is 1. The van der Waals surface area contributed by atoms with Crippen molar-refractivity contribution in [2.45, 2.75) is 6.92 Å². The Morgan fingerprint density at radius 2 is 1.95 bits per heavy atom. The molecule has 0 aromatic heterocycles. The molecule has 0 amide bonds. The number of Topliss-reactive ketones (excluding diaryl/α,β-unsaturated/α-hetero) is 1. The Morgan fingerprint density at radius 3 is 2.62 bits per heavy atom. The minimum absolute atomic E-state index is 0.109. The predicted octanol–water partition coefficient (Wildman–Crippen LogP) is 3.79. The van der Waals surface area contributed by atoms with Crippen molar-refractivity contribution in [3.63, 3.8) is 0 Å². The number of nitrogens with zero attached hydrogens (tertiary/aromatic N) is 1. The molecule has 0 unspecified atom stereocenters. The summed E-state index contributed by atoms with van der Waals surface area (Å²) in [6.07, 6.45) is 1.62. The van der Waals surface area contributed by atoms with Crippen LogP contribution in [0.1, 0.15) is 21.5 Å². The Kier molecular flexibility index (Phi) is 4.53. The van der Waals surface area contributed by atoms with Gasteiger partial charge in [-0.3, -0.25) is 4.79 Å². The average Bonchev–Trinajstić information content (AvgIpc) is 2.53. The normalized spacial score (nSPS) is 10.8. The van der Waals surface area contributed by atoms with Crippen LogP contribution in [0.2, 0.25) is 0 Å². The van der Waals surface area contributed by atoms with Crippen LogP contribution >= 0.6 is 0 Å². The maximum atomic E-state index is 12.4. The lowest BCUT2D eigenvalue weighted by atomic mass is 10.00. The van der Waals surface area contributed by atoms with Crippen molar-refractivity contribution in [1.82, 2.24) is 0 Å². The summed E-state index contributed by atoms with van der Waals surface area (Å²) in [7, 11) is 1.54. The summed E-state index contributed by atoms with van der Waals surface area (Å²) < 4.78 is 5.10. The minimum atomic E-state index is -0.306. The Bertz CT molecular complexity index is 739. The summed E-state index contributed by atoms with van der Waals surface area (Å²) in [5.41, 5.74) is 2.43. The van der Waals surface area contributed by atoms with Gasteiger partial charge in [0.15, 0.2) is 0 Å². The quantitative estimate of drug-likeness (QED) is 0.485. The van der Waals surface area contributed by atoms with E-state index >= 15 is 0 Å². The van der Waals surface area contributed by atoms with Gasteiger partial charge in [0.25, 0.3) is 0 Å². The monoisotopic (exact) mass is 277 g/mol. The number of rotatable bonds is 4. The van der Waals surface area contributed by atoms with E-state index in [1.165, 1.54) is 7.11 Å². The van der Waals surface area contributed by atoms with Gasteiger partial charge in [0.05, 0.1) is 7.11 Å². The van der Waals surface area contributed by atoms with Crippen LogP contribution in [0.15, 0.2) is 54.1 Å². The number of nitriles is 1. The molecular weight excluding hydrogens is 262 g/mol. The smallest absolute Gasteiger partial charge is 0.203 e. The Morgan fingerprint density at radius 1 is 1.19 bits per heavy atom. The van der Waals surface area contributed by atoms with Gasteiger partial charge in [0.1, 0.15) is 17.4 Å². The van der Waals surface area contributed by atoms with Crippen molar-refractivity contribution in [3.05, 3.63) is 70.8 Å². The van der Waals surface area contributed by atoms with Gasteiger partial charge in [-0.25, -0.2) is 0 Å². The number of carbonyl (C=O) groups is 1. The molecule has 0 fully saturated rings. The van der Waals surface area contributed by atoms with Gasteiger partial charge in [-0.15, -0.1) is 0 Å². The first kappa shape index (κ1) is 14.5. The zero-order chi connectivity index (χ0) is 15.2. The fraction of sp³-hybridized carbons (Fsp3) is 0.111. The molecule has 0 radical (unpaired) electrons. The number of hydrogen-bond donors (Lipinski definition) is 0. The van der Waals surface area contributed by atoms with Crippen LogP contribution in [0.4, 0.5) is 0 Å². The molecule has 2 rings (SSSR count). The third kappa shape index (κ3) is 3.37. The van der Waals surface area contributed by atoms with E-state index in [4.69, 9.17) is 4.74 Å². The van der Waals surface area contributed by atoms with E-state index in [-0.39, 0.29) is 11.4 Å². The summed E-state index contributed by atoms with van der Waals surface area (Å²) in [6.45, 7) is 1.94. The van der Waals surface area contributed by atoms with Crippen molar-refractivity contribution in [3.8, 4) is 11.8 Å². The molecule has 0 heterocycles. The van der Waals surface area contributed by atoms with Gasteiger partial charge in [-0.1, -0.05) is 36.4 Å². The molecule has 3 heteroatoms. The van der Waals surface area contributed by atoms with Gasteiger partial charge >= 0.3 is 0 Å². The molecule has 0 aliphatic heterocycles. The second-order valence-electron chi connectivity index (χ2n) is 4.59. The first-order valence-electron chi connectivity index (χ1n) is 6.52. The van der Waals surface area contributed by atoms with Crippen LogP contribution in [-0.4, -0.2) is 12.9 Å². The number of allylic oxidation sites excluding steroid dienone is 1. The minimum Gasteiger partial charge on any atom is -0.497 e. The third-order valence-electron chi connectivity index (χ3n) is 3.19. The molecular formula is C18H15NO2. The molecule has 0 N–H and O–H groups in total. The number of benzene rings is 2. The SMILES string of the molecule is COc1cccc(C(=O)/C(C#N)=C/c2ccccc2C)c1. The molecule has 0 spiro atoms. The van der Waals surface area contributed by atoms with Gasteiger partial charge in [-0.05, 0) is 36.3 Å². The highest BCUT2D eigenvalue weighted by Gasteiger charge is 2.13. The van der Waals surface area contributed by atoms with E-state index in [1.54, 1.807) is 30.3 Å². The molecule has 2 aromatic rings. The highest BCUT2D eigenvalue weighted by Crippen LogP contribution is 2.18. The summed E-state index contributed by atoms with van der Waals surface area (Å²) >= 11 is 0. The molecule has 0 aliphatic rings. The second-order valence-corrected chi connectivity index (χ2v) is 4.59. The summed E-state index contributed by atoms with van der Waals surface area (Å²) in [4.78, 5) is 12.4. The standard InChI is InChI=1S/C18H15NO2/c1-13-6-3-4-7-14(13)10-16(12-19)18(20)15-8-5-9-17(11-15)21-2/h3-11H,1-2H3/b16-10+. The maximum absolute atomic E-state index is 12.4. The first-order chi connectivity index (χ1) is 10.2. The number of hydrogen-bond acceptors (Lipinski definition) is 3. The Balaban J connectivity index is 2.40. The highest BCUT2D eigenvalue weighted by molar-refractivity contribution is 6.14. The van der Waals surface area contributed by atoms with Crippen LogP contribution in [0.25, 0.3) is 6.08 Å². The first-order valence-corrected chi connectivity index (χ1v) is 6.52. The lowest BCUT2D eigenvalue weighted by Gasteiger charge is -2.04. The van der Waals surface area contributed by atoms with Crippen LogP contribution in [-0.2, 0) is 0 Å². The molecule has 2 aromatic carbocycles. The van der Waals surface area contributed by atoms with E-state index in [0.717, 1.165) is 11.1 Å². The van der Waals surface area contributed by atoms with Crippen molar-refractivity contribution in [2.75, 3.05) is 7.11 Å². The number of methoxy groups -OCH3 is 1. The molecule has 0 atom stereocenters. The summed E-state index contributed by atoms with van der Waals surface area (Å²) in [5.74, 6) is 0.286. The van der Waals surface area contributed by atoms with Crippen molar-refractivity contribution >= 4 is 11.9 Å². The van der Waals surface area contributed by atoms with Gasteiger partial charge in [-0.2, -0.15) is 5.26 Å². The second kappa shape index (κ2) is 6.53. The zero-order valence-electron chi connectivity index (χ0n) is 12.0. The zero-order valence-corrected chi connectivity index (χ0v) is 12.0. The maximum Gasteiger partial charge on any atom is 0.203 e. The fourth-order valence-corrected chi connectivity index (χ4v) is 1.97. The summed E-state index contributed by atoms with van der Waals surface area (Å²) in [5, 5.41) is 9.27. The Hall–Kier alpha value is -2.86. The Labute approximate surface area is 124 Å². The lowest BCUT2D eigenvalue weighted by Crippen LogP contribution is -2.02. The molecule has 0 saturated heterocycles. The van der Waals surface area contributed by atoms with Crippen LogP contribution in [0, 0.1) is 18.3 Å². The van der Waals surface area contributed by atoms with Gasteiger partial charge < -0.3 is 4.74 Å². The third-order valence-corrected chi connectivity index (χ3v) is 3.19. The highest BCUT2D eigenvalue weighted by atomic mass is 16.5. The van der Waals surface area contributed by atoms with Crippen molar-refractivity contribution in [2.24, 2.45) is 0 Å². The largest absolute Gasteiger partial charge is 0.497 e. The summed E-state index contributed by atoms with van der Waals surface area (Å²) in [6, 6.07) is 16.4. The van der Waals surface area contributed by atoms with E-state index < -0.39 is 0 Å². The van der Waals surface area contributed by atoms with E-state index in [0.29, 0.717) is 11.3 Å². The molecule has 21 heavy (non-hydrogen) atoms.